The smallest absolute Gasteiger partial charge is 0.338 e. The van der Waals surface area contributed by atoms with E-state index in [2.05, 4.69) is 5.32 Å². The van der Waals surface area contributed by atoms with Gasteiger partial charge in [-0.2, -0.15) is 0 Å². The Balaban J connectivity index is 1.58. The third kappa shape index (κ3) is 5.23. The topological polar surface area (TPSA) is 77.4 Å². The van der Waals surface area contributed by atoms with E-state index in [1.807, 2.05) is 55.9 Å². The largest absolute Gasteiger partial charge is 0.454 e. The van der Waals surface area contributed by atoms with E-state index in [0.29, 0.717) is 16.8 Å². The van der Waals surface area contributed by atoms with Crippen molar-refractivity contribution in [3.05, 3.63) is 84.2 Å². The van der Waals surface area contributed by atoms with Gasteiger partial charge in [-0.1, -0.05) is 26.8 Å². The molecule has 0 fully saturated rings. The van der Waals surface area contributed by atoms with Crippen LogP contribution in [0.4, 0.5) is 5.69 Å². The number of rotatable bonds is 6. The molecule has 0 aliphatic carbocycles. The molecule has 0 atom stereocenters. The summed E-state index contributed by atoms with van der Waals surface area (Å²) in [6.07, 6.45) is 3.75. The summed E-state index contributed by atoms with van der Waals surface area (Å²) in [7, 11) is 0. The number of ether oxygens (including phenoxy) is 1. The van der Waals surface area contributed by atoms with Crippen LogP contribution in [-0.4, -0.2) is 28.8 Å². The van der Waals surface area contributed by atoms with Crippen LogP contribution in [-0.2, 0) is 9.53 Å². The van der Waals surface area contributed by atoms with Crippen molar-refractivity contribution < 1.29 is 19.1 Å². The van der Waals surface area contributed by atoms with Gasteiger partial charge in [0.25, 0.3) is 0 Å². The molecule has 0 radical (unpaired) electrons. The average molecular weight is 404 g/mol. The van der Waals surface area contributed by atoms with E-state index in [1.165, 1.54) is 0 Å². The fourth-order valence-electron chi connectivity index (χ4n) is 2.66. The molecule has 6 heteroatoms. The maximum Gasteiger partial charge on any atom is 0.338 e. The number of amides is 1. The summed E-state index contributed by atoms with van der Waals surface area (Å²) in [4.78, 5) is 36.7. The number of hydrogen-bond acceptors (Lipinski definition) is 4. The predicted molar refractivity (Wildman–Crippen MR) is 115 cm³/mol. The number of hydrogen-bond donors (Lipinski definition) is 1. The summed E-state index contributed by atoms with van der Waals surface area (Å²) in [5.74, 6) is -0.998. The monoisotopic (exact) mass is 404 g/mol. The lowest BCUT2D eigenvalue weighted by Gasteiger charge is -2.17. The Morgan fingerprint density at radius 2 is 1.57 bits per heavy atom. The molecule has 1 aromatic heterocycles. The van der Waals surface area contributed by atoms with Crippen molar-refractivity contribution in [3.8, 4) is 5.69 Å². The number of nitrogens with one attached hydrogen (secondary N) is 1. The third-order valence-electron chi connectivity index (χ3n) is 4.46. The molecule has 1 amide bonds. The maximum atomic E-state index is 12.4. The molecule has 30 heavy (non-hydrogen) atoms. The molecule has 2 aromatic carbocycles. The van der Waals surface area contributed by atoms with Crippen LogP contribution < -0.4 is 5.32 Å². The number of esters is 1. The van der Waals surface area contributed by atoms with Gasteiger partial charge in [0.05, 0.1) is 5.56 Å². The van der Waals surface area contributed by atoms with Crippen molar-refractivity contribution in [1.82, 2.24) is 4.57 Å². The Hall–Kier alpha value is -3.67. The molecular formula is C24H24N2O4. The van der Waals surface area contributed by atoms with Gasteiger partial charge in [-0.3, -0.25) is 9.59 Å². The normalized spacial score (nSPS) is 11.0. The van der Waals surface area contributed by atoms with E-state index in [-0.39, 0.29) is 18.3 Å². The second-order valence-electron chi connectivity index (χ2n) is 7.92. The fraction of sp³-hybridized carbons (Fsp3) is 0.208. The Labute approximate surface area is 175 Å². The van der Waals surface area contributed by atoms with Crippen molar-refractivity contribution in [2.45, 2.75) is 20.8 Å². The maximum absolute atomic E-state index is 12.4. The van der Waals surface area contributed by atoms with Crippen molar-refractivity contribution in [2.75, 3.05) is 11.9 Å². The molecule has 3 aromatic rings. The average Bonchev–Trinajstić information content (AvgIpc) is 3.26. The molecule has 154 valence electrons. The highest BCUT2D eigenvalue weighted by atomic mass is 16.5. The summed E-state index contributed by atoms with van der Waals surface area (Å²) in [6.45, 7) is 5.11. The zero-order valence-electron chi connectivity index (χ0n) is 17.2. The van der Waals surface area contributed by atoms with Gasteiger partial charge in [0.15, 0.2) is 12.4 Å². The lowest BCUT2D eigenvalue weighted by molar-refractivity contribution is -0.123. The van der Waals surface area contributed by atoms with Crippen LogP contribution in [0.25, 0.3) is 5.69 Å². The van der Waals surface area contributed by atoms with Crippen molar-refractivity contribution in [3.63, 3.8) is 0 Å². The number of aromatic nitrogens is 1. The van der Waals surface area contributed by atoms with Crippen molar-refractivity contribution >= 4 is 23.3 Å². The van der Waals surface area contributed by atoms with Crippen LogP contribution in [0.5, 0.6) is 0 Å². The van der Waals surface area contributed by atoms with Gasteiger partial charge >= 0.3 is 5.97 Å². The van der Waals surface area contributed by atoms with Gasteiger partial charge in [-0.05, 0) is 54.6 Å². The fourth-order valence-corrected chi connectivity index (χ4v) is 2.66. The highest BCUT2D eigenvalue weighted by Crippen LogP contribution is 2.18. The van der Waals surface area contributed by atoms with Gasteiger partial charge in [0.2, 0.25) is 5.91 Å². The molecular weight excluding hydrogens is 380 g/mol. The quantitative estimate of drug-likeness (QED) is 0.485. The van der Waals surface area contributed by atoms with Crippen LogP contribution in [0.3, 0.4) is 0 Å². The Morgan fingerprint density at radius 3 is 2.20 bits per heavy atom. The highest BCUT2D eigenvalue weighted by molar-refractivity contribution is 6.00. The van der Waals surface area contributed by atoms with E-state index in [9.17, 15) is 14.4 Å². The first-order valence-electron chi connectivity index (χ1n) is 9.59. The molecule has 0 spiro atoms. The number of carbonyl (C=O) groups is 3. The minimum atomic E-state index is -0.564. The van der Waals surface area contributed by atoms with Gasteiger partial charge in [0.1, 0.15) is 0 Å². The summed E-state index contributed by atoms with van der Waals surface area (Å²) in [6, 6.07) is 17.3. The zero-order valence-corrected chi connectivity index (χ0v) is 17.2. The van der Waals surface area contributed by atoms with Crippen LogP contribution >= 0.6 is 0 Å². The van der Waals surface area contributed by atoms with Crippen LogP contribution in [0.1, 0.15) is 41.5 Å². The van der Waals surface area contributed by atoms with Crippen molar-refractivity contribution in [2.24, 2.45) is 5.41 Å². The summed E-state index contributed by atoms with van der Waals surface area (Å²) >= 11 is 0. The molecule has 3 rings (SSSR count). The second-order valence-corrected chi connectivity index (χ2v) is 7.92. The lowest BCUT2D eigenvalue weighted by atomic mass is 9.95. The van der Waals surface area contributed by atoms with Crippen LogP contribution in [0.15, 0.2) is 73.1 Å². The first-order valence-corrected chi connectivity index (χ1v) is 9.59. The predicted octanol–water partition coefficient (Wildman–Crippen LogP) is 4.50. The Bertz CT molecular complexity index is 1050. The van der Waals surface area contributed by atoms with E-state index < -0.39 is 11.4 Å². The first-order chi connectivity index (χ1) is 14.2. The highest BCUT2D eigenvalue weighted by Gasteiger charge is 2.21. The van der Waals surface area contributed by atoms with Gasteiger partial charge in [-0.25, -0.2) is 4.79 Å². The molecule has 1 N–H and O–H groups in total. The van der Waals surface area contributed by atoms with Gasteiger partial charge in [0, 0.05) is 34.7 Å². The minimum absolute atomic E-state index is 0.113. The molecule has 0 bridgehead atoms. The lowest BCUT2D eigenvalue weighted by Crippen LogP contribution is -2.27. The molecule has 0 aliphatic heterocycles. The van der Waals surface area contributed by atoms with E-state index in [1.54, 1.807) is 42.5 Å². The molecule has 0 unspecified atom stereocenters. The summed E-state index contributed by atoms with van der Waals surface area (Å²) in [5, 5.41) is 2.80. The number of anilines is 1. The zero-order chi connectivity index (χ0) is 21.7. The number of benzene rings is 2. The first kappa shape index (κ1) is 21.0. The van der Waals surface area contributed by atoms with Crippen LogP contribution in [0.2, 0.25) is 0 Å². The molecule has 0 saturated carbocycles. The van der Waals surface area contributed by atoms with Crippen LogP contribution in [0, 0.1) is 5.41 Å². The number of carbonyl (C=O) groups excluding carboxylic acids is 3. The molecule has 0 aliphatic rings. The standard InChI is InChI=1S/C24H24N2O4/c1-24(2,3)23(29)25-19-11-9-17(10-12-19)21(27)16-30-22(28)18-7-6-8-20(15-18)26-13-4-5-14-26/h4-15H,16H2,1-3H3,(H,25,29). The molecule has 0 saturated heterocycles. The SMILES string of the molecule is CC(C)(C)C(=O)Nc1ccc(C(=O)COC(=O)c2cccc(-n3cccc3)c2)cc1. The number of nitrogens with zero attached hydrogens (tertiary/aromatic N) is 1. The Morgan fingerprint density at radius 1 is 0.900 bits per heavy atom. The summed E-state index contributed by atoms with van der Waals surface area (Å²) in [5.41, 5.74) is 1.69. The minimum Gasteiger partial charge on any atom is -0.454 e. The molecule has 1 heterocycles. The van der Waals surface area contributed by atoms with E-state index in [4.69, 9.17) is 4.74 Å². The molecule has 6 nitrogen and oxygen atoms in total. The van der Waals surface area contributed by atoms with E-state index >= 15 is 0 Å². The van der Waals surface area contributed by atoms with E-state index in [0.717, 1.165) is 5.69 Å². The third-order valence-corrected chi connectivity index (χ3v) is 4.46. The number of Topliss-reactive ketones (excluding diaryl/α,β-unsaturated/α-hetero) is 1. The van der Waals surface area contributed by atoms with Crippen molar-refractivity contribution in [1.29, 1.82) is 0 Å². The Kier molecular flexibility index (Phi) is 6.16. The van der Waals surface area contributed by atoms with Gasteiger partial charge < -0.3 is 14.6 Å². The summed E-state index contributed by atoms with van der Waals surface area (Å²) < 4.78 is 7.07. The number of ketones is 1. The second kappa shape index (κ2) is 8.78. The van der Waals surface area contributed by atoms with Gasteiger partial charge in [-0.15, -0.1) is 0 Å².